The molecule has 0 bridgehead atoms. The van der Waals surface area contributed by atoms with Gasteiger partial charge in [0.05, 0.1) is 6.61 Å². The lowest BCUT2D eigenvalue weighted by Crippen LogP contribution is -2.30. The van der Waals surface area contributed by atoms with Crippen LogP contribution in [0.15, 0.2) is 35.7 Å². The number of hydrogen-bond donors (Lipinski definition) is 1. The maximum atomic E-state index is 13.9. The number of nitrogens with one attached hydrogen (secondary N) is 1. The van der Waals surface area contributed by atoms with Crippen LogP contribution in [0.2, 0.25) is 0 Å². The molecule has 6 heteroatoms. The van der Waals surface area contributed by atoms with E-state index >= 15 is 0 Å². The molecule has 1 heterocycles. The zero-order valence-electron chi connectivity index (χ0n) is 11.4. The number of rotatable bonds is 6. The Bertz CT molecular complexity index is 602. The fourth-order valence-corrected chi connectivity index (χ4v) is 2.55. The maximum absolute atomic E-state index is 13.9. The van der Waals surface area contributed by atoms with E-state index in [1.807, 2.05) is 17.5 Å². The van der Waals surface area contributed by atoms with Crippen LogP contribution >= 0.6 is 11.3 Å². The minimum Gasteiger partial charge on any atom is -0.465 e. The molecule has 3 nitrogen and oxygen atoms in total. The van der Waals surface area contributed by atoms with Gasteiger partial charge < -0.3 is 4.74 Å². The van der Waals surface area contributed by atoms with E-state index < -0.39 is 23.6 Å². The Morgan fingerprint density at radius 1 is 1.38 bits per heavy atom. The van der Waals surface area contributed by atoms with E-state index in [4.69, 9.17) is 4.74 Å². The Labute approximate surface area is 125 Å². The number of benzene rings is 1. The molecular weight excluding hydrogens is 296 g/mol. The lowest BCUT2D eigenvalue weighted by atomic mass is 10.1. The third-order valence-electron chi connectivity index (χ3n) is 2.86. The first kappa shape index (κ1) is 15.6. The molecule has 1 aromatic heterocycles. The predicted octanol–water partition coefficient (Wildman–Crippen LogP) is 3.42. The van der Waals surface area contributed by atoms with Crippen molar-refractivity contribution in [2.24, 2.45) is 0 Å². The van der Waals surface area contributed by atoms with E-state index in [1.165, 1.54) is 17.4 Å². The Morgan fingerprint density at radius 2 is 2.19 bits per heavy atom. The second kappa shape index (κ2) is 7.28. The van der Waals surface area contributed by atoms with Gasteiger partial charge in [0.15, 0.2) is 0 Å². The van der Waals surface area contributed by atoms with Crippen LogP contribution in [0.5, 0.6) is 0 Å². The third-order valence-corrected chi connectivity index (χ3v) is 3.73. The molecule has 1 unspecified atom stereocenters. The molecule has 0 aliphatic rings. The van der Waals surface area contributed by atoms with Crippen molar-refractivity contribution in [1.82, 2.24) is 5.32 Å². The van der Waals surface area contributed by atoms with E-state index in [-0.39, 0.29) is 12.2 Å². The van der Waals surface area contributed by atoms with Crippen molar-refractivity contribution in [1.29, 1.82) is 0 Å². The number of carbonyl (C=O) groups excluding carboxylic acids is 1. The van der Waals surface area contributed by atoms with Crippen molar-refractivity contribution < 1.29 is 18.3 Å². The Kier molecular flexibility index (Phi) is 5.41. The standard InChI is InChI=1S/C15H15F2NO2S/c1-2-20-15(19)14(18-9-11-4-3-7-21-11)12-6-5-10(16)8-13(12)17/h3-8,14,18H,2,9H2,1H3. The average molecular weight is 311 g/mol. The number of hydrogen-bond acceptors (Lipinski definition) is 4. The molecule has 2 rings (SSSR count). The van der Waals surface area contributed by atoms with E-state index in [9.17, 15) is 13.6 Å². The summed E-state index contributed by atoms with van der Waals surface area (Å²) >= 11 is 1.52. The van der Waals surface area contributed by atoms with Gasteiger partial charge in [-0.3, -0.25) is 5.32 Å². The van der Waals surface area contributed by atoms with Crippen LogP contribution in [0.3, 0.4) is 0 Å². The zero-order chi connectivity index (χ0) is 15.2. The van der Waals surface area contributed by atoms with Gasteiger partial charge in [0.1, 0.15) is 17.7 Å². The first-order chi connectivity index (χ1) is 10.1. The summed E-state index contributed by atoms with van der Waals surface area (Å²) in [6, 6.07) is 5.97. The molecular formula is C15H15F2NO2S. The van der Waals surface area contributed by atoms with Crippen LogP contribution in [0.25, 0.3) is 0 Å². The lowest BCUT2D eigenvalue weighted by Gasteiger charge is -2.18. The summed E-state index contributed by atoms with van der Waals surface area (Å²) in [5.41, 5.74) is 0.0754. The molecule has 1 N–H and O–H groups in total. The second-order valence-electron chi connectivity index (χ2n) is 4.31. The summed E-state index contributed by atoms with van der Waals surface area (Å²) in [7, 11) is 0. The quantitative estimate of drug-likeness (QED) is 0.831. The average Bonchev–Trinajstić information content (AvgIpc) is 2.94. The predicted molar refractivity (Wildman–Crippen MR) is 76.9 cm³/mol. The molecule has 21 heavy (non-hydrogen) atoms. The first-order valence-electron chi connectivity index (χ1n) is 6.49. The molecule has 0 spiro atoms. The molecule has 0 radical (unpaired) electrons. The number of ether oxygens (including phenoxy) is 1. The normalized spacial score (nSPS) is 12.1. The van der Waals surface area contributed by atoms with E-state index in [0.29, 0.717) is 6.54 Å². The van der Waals surface area contributed by atoms with Crippen LogP contribution in [-0.4, -0.2) is 12.6 Å². The van der Waals surface area contributed by atoms with Gasteiger partial charge in [-0.25, -0.2) is 13.6 Å². The van der Waals surface area contributed by atoms with Crippen LogP contribution in [0, 0.1) is 11.6 Å². The molecule has 0 aliphatic heterocycles. The lowest BCUT2D eigenvalue weighted by molar-refractivity contribution is -0.146. The van der Waals surface area contributed by atoms with Gasteiger partial charge in [-0.1, -0.05) is 12.1 Å². The van der Waals surface area contributed by atoms with Gasteiger partial charge in [-0.15, -0.1) is 11.3 Å². The van der Waals surface area contributed by atoms with E-state index in [1.54, 1.807) is 6.92 Å². The summed E-state index contributed by atoms with van der Waals surface area (Å²) < 4.78 is 31.8. The van der Waals surface area contributed by atoms with Crippen LogP contribution in [0.1, 0.15) is 23.4 Å². The first-order valence-corrected chi connectivity index (χ1v) is 7.37. The fourth-order valence-electron chi connectivity index (χ4n) is 1.90. The minimum absolute atomic E-state index is 0.0754. The van der Waals surface area contributed by atoms with Gasteiger partial charge >= 0.3 is 5.97 Å². The summed E-state index contributed by atoms with van der Waals surface area (Å²) in [6.07, 6.45) is 0. The Hall–Kier alpha value is -1.79. The van der Waals surface area contributed by atoms with Crippen molar-refractivity contribution in [3.05, 3.63) is 57.8 Å². The van der Waals surface area contributed by atoms with Crippen molar-refractivity contribution in [3.8, 4) is 0 Å². The van der Waals surface area contributed by atoms with Crippen molar-refractivity contribution in [2.75, 3.05) is 6.61 Å². The van der Waals surface area contributed by atoms with Crippen LogP contribution in [0.4, 0.5) is 8.78 Å². The molecule has 2 aromatic rings. The highest BCUT2D eigenvalue weighted by Crippen LogP contribution is 2.21. The molecule has 0 amide bonds. The van der Waals surface area contributed by atoms with Gasteiger partial charge in [0, 0.05) is 23.1 Å². The highest BCUT2D eigenvalue weighted by atomic mass is 32.1. The largest absolute Gasteiger partial charge is 0.465 e. The van der Waals surface area contributed by atoms with Gasteiger partial charge in [-0.05, 0) is 24.4 Å². The smallest absolute Gasteiger partial charge is 0.327 e. The van der Waals surface area contributed by atoms with Gasteiger partial charge in [0.2, 0.25) is 0 Å². The molecule has 1 aromatic carbocycles. The van der Waals surface area contributed by atoms with E-state index in [2.05, 4.69) is 5.32 Å². The number of halogens is 2. The topological polar surface area (TPSA) is 38.3 Å². The van der Waals surface area contributed by atoms with Gasteiger partial charge in [0.25, 0.3) is 0 Å². The summed E-state index contributed by atoms with van der Waals surface area (Å²) in [5, 5.41) is 4.87. The summed E-state index contributed by atoms with van der Waals surface area (Å²) in [6.45, 7) is 2.27. The molecule has 0 saturated heterocycles. The molecule has 0 aliphatic carbocycles. The van der Waals surface area contributed by atoms with Crippen molar-refractivity contribution >= 4 is 17.3 Å². The summed E-state index contributed by atoms with van der Waals surface area (Å²) in [5.74, 6) is -2.04. The van der Waals surface area contributed by atoms with Crippen molar-refractivity contribution in [3.63, 3.8) is 0 Å². The SMILES string of the molecule is CCOC(=O)C(NCc1cccs1)c1ccc(F)cc1F. The molecule has 0 saturated carbocycles. The van der Waals surface area contributed by atoms with E-state index in [0.717, 1.165) is 17.0 Å². The monoisotopic (exact) mass is 311 g/mol. The highest BCUT2D eigenvalue weighted by molar-refractivity contribution is 7.09. The molecule has 1 atom stereocenters. The minimum atomic E-state index is -0.965. The second-order valence-corrected chi connectivity index (χ2v) is 5.34. The highest BCUT2D eigenvalue weighted by Gasteiger charge is 2.24. The fraction of sp³-hybridized carbons (Fsp3) is 0.267. The maximum Gasteiger partial charge on any atom is 0.327 e. The third kappa shape index (κ3) is 4.09. The van der Waals surface area contributed by atoms with Crippen LogP contribution < -0.4 is 5.32 Å². The summed E-state index contributed by atoms with van der Waals surface area (Å²) in [4.78, 5) is 13.0. The number of thiophene rings is 1. The zero-order valence-corrected chi connectivity index (χ0v) is 12.3. The van der Waals surface area contributed by atoms with Crippen molar-refractivity contribution in [2.45, 2.75) is 19.5 Å². The Morgan fingerprint density at radius 3 is 2.81 bits per heavy atom. The number of esters is 1. The Balaban J connectivity index is 2.20. The molecule has 0 fully saturated rings. The van der Waals surface area contributed by atoms with Crippen LogP contribution in [-0.2, 0) is 16.1 Å². The van der Waals surface area contributed by atoms with Gasteiger partial charge in [-0.2, -0.15) is 0 Å². The number of carbonyl (C=O) groups is 1. The molecule has 112 valence electrons.